The Bertz CT molecular complexity index is 696. The molecule has 0 fully saturated rings. The second-order valence-electron chi connectivity index (χ2n) is 6.59. The van der Waals surface area contributed by atoms with E-state index in [1.165, 1.54) is 11.1 Å². The topological polar surface area (TPSA) is 29.5 Å². The summed E-state index contributed by atoms with van der Waals surface area (Å²) in [4.78, 5) is 0. The van der Waals surface area contributed by atoms with Crippen LogP contribution in [0.25, 0.3) is 0 Å². The zero-order valence-corrected chi connectivity index (χ0v) is 23.3. The molecule has 0 unspecified atom stereocenters. The van der Waals surface area contributed by atoms with Crippen LogP contribution in [-0.4, -0.2) is 18.3 Å². The first-order valence-corrected chi connectivity index (χ1v) is 13.2. The van der Waals surface area contributed by atoms with Gasteiger partial charge in [-0.25, -0.2) is 0 Å². The molecular weight excluding hydrogens is 584 g/mol. The first-order chi connectivity index (χ1) is 15.1. The fourth-order valence-electron chi connectivity index (χ4n) is 2.19. The van der Waals surface area contributed by atoms with E-state index in [1.807, 2.05) is 44.2 Å². The van der Waals surface area contributed by atoms with E-state index in [2.05, 4.69) is 90.3 Å². The highest BCUT2D eigenvalue weighted by atomic mass is 79.9. The van der Waals surface area contributed by atoms with Crippen molar-refractivity contribution in [2.24, 2.45) is 0 Å². The van der Waals surface area contributed by atoms with E-state index in [9.17, 15) is 0 Å². The van der Waals surface area contributed by atoms with Crippen LogP contribution in [0, 0.1) is 0 Å². The Hall–Kier alpha value is -0.720. The van der Waals surface area contributed by atoms with E-state index >= 15 is 0 Å². The number of hydrogen-bond acceptors (Lipinski definition) is 2. The van der Waals surface area contributed by atoms with Gasteiger partial charge in [0.05, 0.1) is 6.61 Å². The molecule has 0 saturated heterocycles. The number of benzene rings is 2. The second-order valence-corrected chi connectivity index (χ2v) is 8.98. The van der Waals surface area contributed by atoms with Crippen molar-refractivity contribution in [2.75, 3.05) is 13.2 Å². The van der Waals surface area contributed by atoms with Gasteiger partial charge in [0, 0.05) is 27.5 Å². The molecule has 2 nitrogen and oxygen atoms in total. The lowest BCUT2D eigenvalue weighted by Gasteiger charge is -2.03. The highest BCUT2D eigenvalue weighted by Crippen LogP contribution is 2.12. The molecule has 0 heterocycles. The molecule has 0 amide bonds. The number of unbranched alkanes of at least 4 members (excludes halogenated alkanes) is 2. The zero-order chi connectivity index (χ0) is 23.2. The number of aliphatic hydroxyl groups excluding tert-OH is 1. The molecule has 0 aliphatic carbocycles. The molecule has 0 aliphatic heterocycles. The van der Waals surface area contributed by atoms with Crippen LogP contribution in [0.2, 0.25) is 0 Å². The predicted octanol–water partition coefficient (Wildman–Crippen LogP) is 9.00. The lowest BCUT2D eigenvalue weighted by Crippen LogP contribution is -1.94. The van der Waals surface area contributed by atoms with E-state index in [-0.39, 0.29) is 0 Å². The first-order valence-electron chi connectivity index (χ1n) is 10.5. The summed E-state index contributed by atoms with van der Waals surface area (Å²) in [7, 11) is 0. The molecule has 0 aromatic heterocycles. The zero-order valence-electron chi connectivity index (χ0n) is 18.6. The molecule has 0 aliphatic rings. The molecule has 0 bridgehead atoms. The van der Waals surface area contributed by atoms with Crippen LogP contribution in [0.4, 0.5) is 0 Å². The van der Waals surface area contributed by atoms with Gasteiger partial charge in [-0.1, -0.05) is 96.4 Å². The summed E-state index contributed by atoms with van der Waals surface area (Å²) in [5, 5.41) is 9.19. The molecule has 2 aromatic rings. The van der Waals surface area contributed by atoms with Crippen molar-refractivity contribution in [2.45, 2.75) is 51.5 Å². The molecule has 0 radical (unpaired) electrons. The van der Waals surface area contributed by atoms with Gasteiger partial charge in [0.2, 0.25) is 0 Å². The van der Waals surface area contributed by atoms with Crippen molar-refractivity contribution in [1.82, 2.24) is 0 Å². The Labute approximate surface area is 214 Å². The number of aliphatic hydroxyl groups is 1. The van der Waals surface area contributed by atoms with E-state index < -0.39 is 0 Å². The third-order valence-electron chi connectivity index (χ3n) is 3.91. The van der Waals surface area contributed by atoms with Gasteiger partial charge >= 0.3 is 0 Å². The van der Waals surface area contributed by atoms with E-state index in [1.54, 1.807) is 0 Å². The highest BCUT2D eigenvalue weighted by Gasteiger charge is 1.93. The van der Waals surface area contributed by atoms with Crippen LogP contribution in [0.1, 0.15) is 50.7 Å². The van der Waals surface area contributed by atoms with Gasteiger partial charge in [-0.15, -0.1) is 0 Å². The molecule has 1 N–H and O–H groups in total. The molecule has 2 aromatic carbocycles. The summed E-state index contributed by atoms with van der Waals surface area (Å²) < 4.78 is 7.80. The summed E-state index contributed by atoms with van der Waals surface area (Å²) >= 11 is 10.1. The first kappa shape index (κ1) is 30.3. The second kappa shape index (κ2) is 22.5. The molecule has 0 spiro atoms. The maximum absolute atomic E-state index is 8.26. The van der Waals surface area contributed by atoms with Crippen LogP contribution in [0.3, 0.4) is 0 Å². The monoisotopic (exact) mass is 616 g/mol. The Morgan fingerprint density at radius 1 is 0.774 bits per heavy atom. The van der Waals surface area contributed by atoms with Crippen molar-refractivity contribution >= 4 is 47.8 Å². The smallest absolute Gasteiger partial charge is 0.0716 e. The Balaban J connectivity index is 0.000000479. The van der Waals surface area contributed by atoms with E-state index in [0.717, 1.165) is 46.6 Å². The van der Waals surface area contributed by atoms with Gasteiger partial charge in [-0.3, -0.25) is 0 Å². The fraction of sp³-hybridized carbons (Fsp3) is 0.385. The van der Waals surface area contributed by atoms with Crippen LogP contribution in [-0.2, 0) is 16.7 Å². The normalized spacial score (nSPS) is 10.5. The minimum atomic E-state index is 0.310. The predicted molar refractivity (Wildman–Crippen MR) is 146 cm³/mol. The van der Waals surface area contributed by atoms with Crippen molar-refractivity contribution < 1.29 is 9.84 Å². The van der Waals surface area contributed by atoms with Gasteiger partial charge in [0.15, 0.2) is 0 Å². The molecule has 172 valence electrons. The van der Waals surface area contributed by atoms with Crippen molar-refractivity contribution in [3.05, 3.63) is 92.9 Å². The minimum absolute atomic E-state index is 0.310. The van der Waals surface area contributed by atoms with E-state index in [0.29, 0.717) is 13.2 Å². The van der Waals surface area contributed by atoms with Gasteiger partial charge < -0.3 is 9.84 Å². The highest BCUT2D eigenvalue weighted by molar-refractivity contribution is 9.10. The Morgan fingerprint density at radius 3 is 1.71 bits per heavy atom. The van der Waals surface area contributed by atoms with Crippen molar-refractivity contribution in [3.63, 3.8) is 0 Å². The van der Waals surface area contributed by atoms with Crippen molar-refractivity contribution in [1.29, 1.82) is 0 Å². The van der Waals surface area contributed by atoms with Crippen LogP contribution in [0.15, 0.2) is 81.8 Å². The number of allylic oxidation sites excluding steroid dienone is 4. The molecule has 0 saturated carbocycles. The third kappa shape index (κ3) is 19.7. The number of ether oxygens (including phenoxy) is 1. The largest absolute Gasteiger partial charge is 0.396 e. The van der Waals surface area contributed by atoms with Crippen LogP contribution in [0.5, 0.6) is 0 Å². The average Bonchev–Trinajstić information content (AvgIpc) is 2.79. The lowest BCUT2D eigenvalue weighted by molar-refractivity contribution is 0.119. The minimum Gasteiger partial charge on any atom is -0.396 e. The molecule has 31 heavy (non-hydrogen) atoms. The van der Waals surface area contributed by atoms with Gasteiger partial charge in [0.1, 0.15) is 0 Å². The SMILES string of the molecule is BrCc1ccc(Br)cc1.C/C=C/CCCO.C/C=C/CCCOCc1ccc(Br)cc1. The number of halogens is 3. The molecular formula is C26H35Br3O2. The van der Waals surface area contributed by atoms with Gasteiger partial charge in [-0.2, -0.15) is 0 Å². The Morgan fingerprint density at radius 2 is 1.26 bits per heavy atom. The maximum atomic E-state index is 8.26. The number of rotatable bonds is 10. The van der Waals surface area contributed by atoms with Gasteiger partial charge in [0.25, 0.3) is 0 Å². The van der Waals surface area contributed by atoms with Crippen LogP contribution >= 0.6 is 47.8 Å². The van der Waals surface area contributed by atoms with E-state index in [4.69, 9.17) is 9.84 Å². The van der Waals surface area contributed by atoms with Gasteiger partial charge in [-0.05, 0) is 74.9 Å². The molecule has 2 rings (SSSR count). The fourth-order valence-corrected chi connectivity index (χ4v) is 3.09. The quantitative estimate of drug-likeness (QED) is 0.164. The number of alkyl halides is 1. The van der Waals surface area contributed by atoms with Crippen LogP contribution < -0.4 is 0 Å². The summed E-state index contributed by atoms with van der Waals surface area (Å²) in [6.07, 6.45) is 12.4. The molecule has 5 heteroatoms. The molecule has 0 atom stereocenters. The standard InChI is InChI=1S/C13H17BrO.C7H6Br2.C6H12O/c1-2-3-4-5-10-15-11-12-6-8-13(14)9-7-12;8-5-6-1-3-7(9)4-2-6;1-2-3-4-5-6-7/h2-3,6-9H,4-5,10-11H2,1H3;1-4H,5H2;2-3,7H,4-6H2,1H3/b3-2+;;3-2+. The summed E-state index contributed by atoms with van der Waals surface area (Å²) in [6.45, 7) is 5.88. The number of hydrogen-bond donors (Lipinski definition) is 1. The average molecular weight is 619 g/mol. The van der Waals surface area contributed by atoms with Crippen molar-refractivity contribution in [3.8, 4) is 0 Å². The Kier molecular flexibility index (Phi) is 22.0. The lowest BCUT2D eigenvalue weighted by atomic mass is 10.2. The summed E-state index contributed by atoms with van der Waals surface area (Å²) in [5.41, 5.74) is 2.53. The summed E-state index contributed by atoms with van der Waals surface area (Å²) in [5.74, 6) is 0. The maximum Gasteiger partial charge on any atom is 0.0716 e. The third-order valence-corrected chi connectivity index (χ3v) is 5.61. The summed E-state index contributed by atoms with van der Waals surface area (Å²) in [6, 6.07) is 16.5.